The van der Waals surface area contributed by atoms with Crippen molar-refractivity contribution in [1.29, 1.82) is 0 Å². The molecule has 0 amide bonds. The molecule has 0 radical (unpaired) electrons. The van der Waals surface area contributed by atoms with E-state index in [1.54, 1.807) is 49.4 Å². The second-order valence-electron chi connectivity index (χ2n) is 5.81. The molecule has 29 heavy (non-hydrogen) atoms. The molecule has 8 heteroatoms. The average molecular weight is 419 g/mol. The molecular formula is C21H25NO6S. The summed E-state index contributed by atoms with van der Waals surface area (Å²) >= 11 is 0. The molecule has 0 saturated carbocycles. The van der Waals surface area contributed by atoms with Crippen molar-refractivity contribution in [2.75, 3.05) is 30.7 Å². The molecule has 0 saturated heterocycles. The zero-order chi connectivity index (χ0) is 21.3. The van der Waals surface area contributed by atoms with Gasteiger partial charge in [0.15, 0.2) is 0 Å². The number of carbonyl (C=O) groups excluding carboxylic acids is 1. The molecule has 0 aliphatic rings. The van der Waals surface area contributed by atoms with Crippen LogP contribution in [0, 0.1) is 0 Å². The zero-order valence-corrected chi connectivity index (χ0v) is 17.4. The van der Waals surface area contributed by atoms with Gasteiger partial charge in [-0.15, -0.1) is 0 Å². The van der Waals surface area contributed by atoms with Gasteiger partial charge < -0.3 is 14.2 Å². The first-order valence-electron chi connectivity index (χ1n) is 9.17. The van der Waals surface area contributed by atoms with E-state index in [4.69, 9.17) is 14.2 Å². The van der Waals surface area contributed by atoms with Crippen molar-refractivity contribution in [3.05, 3.63) is 61.2 Å². The number of rotatable bonds is 11. The van der Waals surface area contributed by atoms with Crippen molar-refractivity contribution in [2.45, 2.75) is 18.7 Å². The van der Waals surface area contributed by atoms with Crippen molar-refractivity contribution in [1.82, 2.24) is 0 Å². The largest absolute Gasteiger partial charge is 0.494 e. The van der Waals surface area contributed by atoms with E-state index in [0.717, 1.165) is 4.31 Å². The number of anilines is 1. The first kappa shape index (κ1) is 22.3. The highest BCUT2D eigenvalue weighted by Gasteiger charge is 2.28. The van der Waals surface area contributed by atoms with Crippen LogP contribution in [0.25, 0.3) is 0 Å². The van der Waals surface area contributed by atoms with Crippen LogP contribution in [-0.2, 0) is 19.6 Å². The number of benzene rings is 2. The summed E-state index contributed by atoms with van der Waals surface area (Å²) in [5.41, 5.74) is 0.317. The number of ether oxygens (including phenoxy) is 3. The third-order valence-corrected chi connectivity index (χ3v) is 5.58. The van der Waals surface area contributed by atoms with Crippen LogP contribution in [0.2, 0.25) is 0 Å². The highest BCUT2D eigenvalue weighted by atomic mass is 32.2. The van der Waals surface area contributed by atoms with Gasteiger partial charge in [0.05, 0.1) is 23.8 Å². The van der Waals surface area contributed by atoms with Gasteiger partial charge in [-0.2, -0.15) is 0 Å². The van der Waals surface area contributed by atoms with E-state index < -0.39 is 22.5 Å². The van der Waals surface area contributed by atoms with E-state index >= 15 is 0 Å². The average Bonchev–Trinajstić information content (AvgIpc) is 2.72. The number of sulfonamides is 1. The fourth-order valence-corrected chi connectivity index (χ4v) is 3.91. The molecule has 0 fully saturated rings. The van der Waals surface area contributed by atoms with Crippen LogP contribution in [0.4, 0.5) is 5.69 Å². The Balaban J connectivity index is 2.37. The molecule has 0 aromatic heterocycles. The van der Waals surface area contributed by atoms with Gasteiger partial charge in [0.25, 0.3) is 10.0 Å². The lowest BCUT2D eigenvalue weighted by atomic mass is 10.3. The van der Waals surface area contributed by atoms with Crippen LogP contribution < -0.4 is 13.8 Å². The molecule has 0 spiro atoms. The van der Waals surface area contributed by atoms with E-state index in [1.165, 1.54) is 12.1 Å². The lowest BCUT2D eigenvalue weighted by Gasteiger charge is -2.24. The van der Waals surface area contributed by atoms with E-state index in [9.17, 15) is 13.2 Å². The number of carbonyl (C=O) groups is 1. The molecule has 2 aromatic rings. The van der Waals surface area contributed by atoms with Gasteiger partial charge in [-0.1, -0.05) is 12.7 Å². The Bertz CT molecular complexity index is 907. The number of esters is 1. The molecule has 0 bridgehead atoms. The lowest BCUT2D eigenvalue weighted by Crippen LogP contribution is -2.36. The summed E-state index contributed by atoms with van der Waals surface area (Å²) in [5.74, 6) is 0.476. The van der Waals surface area contributed by atoms with E-state index in [2.05, 4.69) is 6.58 Å². The molecule has 156 valence electrons. The minimum atomic E-state index is -4.01. The topological polar surface area (TPSA) is 82.1 Å². The summed E-state index contributed by atoms with van der Waals surface area (Å²) in [6.07, 6.45) is 1.61. The Labute approximate surface area is 171 Å². The maximum atomic E-state index is 13.2. The Morgan fingerprint density at radius 1 is 0.966 bits per heavy atom. The molecule has 7 nitrogen and oxygen atoms in total. The molecular weight excluding hydrogens is 394 g/mol. The minimum Gasteiger partial charge on any atom is -0.494 e. The summed E-state index contributed by atoms with van der Waals surface area (Å²) in [6.45, 7) is 7.60. The van der Waals surface area contributed by atoms with Gasteiger partial charge in [0, 0.05) is 0 Å². The fourth-order valence-electron chi connectivity index (χ4n) is 2.50. The normalized spacial score (nSPS) is 10.8. The quantitative estimate of drug-likeness (QED) is 0.410. The van der Waals surface area contributed by atoms with Crippen molar-refractivity contribution in [3.63, 3.8) is 0 Å². The maximum Gasteiger partial charge on any atom is 0.326 e. The summed E-state index contributed by atoms with van der Waals surface area (Å²) in [6, 6.07) is 12.4. The highest BCUT2D eigenvalue weighted by molar-refractivity contribution is 7.92. The molecule has 0 N–H and O–H groups in total. The van der Waals surface area contributed by atoms with Gasteiger partial charge in [0.2, 0.25) is 0 Å². The zero-order valence-electron chi connectivity index (χ0n) is 16.5. The molecule has 0 unspecified atom stereocenters. The summed E-state index contributed by atoms with van der Waals surface area (Å²) < 4.78 is 43.2. The molecule has 0 aliphatic carbocycles. The summed E-state index contributed by atoms with van der Waals surface area (Å²) in [7, 11) is -4.01. The van der Waals surface area contributed by atoms with Crippen LogP contribution in [0.15, 0.2) is 66.1 Å². The van der Waals surface area contributed by atoms with Gasteiger partial charge in [-0.3, -0.25) is 9.10 Å². The van der Waals surface area contributed by atoms with E-state index in [-0.39, 0.29) is 11.5 Å². The second kappa shape index (κ2) is 10.5. The van der Waals surface area contributed by atoms with Gasteiger partial charge in [0.1, 0.15) is 24.7 Å². The SMILES string of the molecule is C=CCOc1ccc(N(CC(=O)OCC)S(=O)(=O)c2ccc(OCC)cc2)cc1. The number of nitrogens with zero attached hydrogens (tertiary/aromatic N) is 1. The Hall–Kier alpha value is -3.00. The second-order valence-corrected chi connectivity index (χ2v) is 7.68. The van der Waals surface area contributed by atoms with Crippen LogP contribution >= 0.6 is 0 Å². The lowest BCUT2D eigenvalue weighted by molar-refractivity contribution is -0.141. The smallest absolute Gasteiger partial charge is 0.326 e. The first-order valence-corrected chi connectivity index (χ1v) is 10.6. The van der Waals surface area contributed by atoms with Crippen LogP contribution in [-0.4, -0.2) is 40.8 Å². The Morgan fingerprint density at radius 3 is 2.10 bits per heavy atom. The van der Waals surface area contributed by atoms with Crippen LogP contribution in [0.5, 0.6) is 11.5 Å². The molecule has 0 aliphatic heterocycles. The molecule has 2 aromatic carbocycles. The fraction of sp³-hybridized carbons (Fsp3) is 0.286. The Kier molecular flexibility index (Phi) is 8.09. The van der Waals surface area contributed by atoms with Gasteiger partial charge in [-0.05, 0) is 62.4 Å². The first-order chi connectivity index (χ1) is 13.9. The third kappa shape index (κ3) is 5.99. The molecule has 0 heterocycles. The van der Waals surface area contributed by atoms with Crippen molar-refractivity contribution < 1.29 is 27.4 Å². The standard InChI is InChI=1S/C21H25NO6S/c1-4-15-28-19-9-7-17(8-10-19)22(16-21(23)27-6-3)29(24,25)20-13-11-18(12-14-20)26-5-2/h4,7-14H,1,5-6,15-16H2,2-3H3. The summed E-state index contributed by atoms with van der Waals surface area (Å²) in [4.78, 5) is 12.1. The van der Waals surface area contributed by atoms with E-state index in [1.807, 2.05) is 6.92 Å². The predicted octanol–water partition coefficient (Wildman–Crippen LogP) is 3.41. The summed E-state index contributed by atoms with van der Waals surface area (Å²) in [5, 5.41) is 0. The van der Waals surface area contributed by atoms with Gasteiger partial charge in [-0.25, -0.2) is 8.42 Å². The van der Waals surface area contributed by atoms with Crippen LogP contribution in [0.1, 0.15) is 13.8 Å². The highest BCUT2D eigenvalue weighted by Crippen LogP contribution is 2.27. The van der Waals surface area contributed by atoms with Crippen molar-refractivity contribution in [2.24, 2.45) is 0 Å². The van der Waals surface area contributed by atoms with Crippen molar-refractivity contribution >= 4 is 21.7 Å². The van der Waals surface area contributed by atoms with Crippen LogP contribution in [0.3, 0.4) is 0 Å². The maximum absolute atomic E-state index is 13.2. The predicted molar refractivity (Wildman–Crippen MR) is 111 cm³/mol. The van der Waals surface area contributed by atoms with Gasteiger partial charge >= 0.3 is 5.97 Å². The monoisotopic (exact) mass is 419 g/mol. The van der Waals surface area contributed by atoms with Crippen molar-refractivity contribution in [3.8, 4) is 11.5 Å². The van der Waals surface area contributed by atoms with E-state index in [0.29, 0.717) is 30.4 Å². The number of hydrogen-bond acceptors (Lipinski definition) is 6. The third-order valence-electron chi connectivity index (χ3n) is 3.79. The molecule has 2 rings (SSSR count). The number of hydrogen-bond donors (Lipinski definition) is 0. The molecule has 0 atom stereocenters. The minimum absolute atomic E-state index is 0.0391. The Morgan fingerprint density at radius 2 is 1.55 bits per heavy atom.